The molecule has 0 saturated heterocycles. The summed E-state index contributed by atoms with van der Waals surface area (Å²) in [5.41, 5.74) is 1.77. The molecule has 0 heterocycles. The second-order valence-electron chi connectivity index (χ2n) is 7.27. The molecule has 0 bridgehead atoms. The first-order valence-electron chi connectivity index (χ1n) is 10.0. The summed E-state index contributed by atoms with van der Waals surface area (Å²) in [6, 6.07) is 23.4. The third-order valence-electron chi connectivity index (χ3n) is 4.97. The minimum absolute atomic E-state index is 0.101. The molecule has 0 aliphatic rings. The van der Waals surface area contributed by atoms with E-state index in [1.165, 1.54) is 16.4 Å². The predicted octanol–water partition coefficient (Wildman–Crippen LogP) is 5.24. The van der Waals surface area contributed by atoms with Crippen LogP contribution in [0.25, 0.3) is 0 Å². The van der Waals surface area contributed by atoms with Gasteiger partial charge in [-0.25, -0.2) is 8.42 Å². The normalized spacial score (nSPS) is 12.5. The Labute approximate surface area is 202 Å². The molecule has 0 fully saturated rings. The van der Waals surface area contributed by atoms with Gasteiger partial charge in [-0.3, -0.25) is 4.79 Å². The minimum Gasteiger partial charge on any atom is -0.348 e. The molecular formula is C24H25BrN2O3S2. The summed E-state index contributed by atoms with van der Waals surface area (Å²) in [7, 11) is -3.87. The largest absolute Gasteiger partial charge is 0.348 e. The van der Waals surface area contributed by atoms with Gasteiger partial charge in [-0.05, 0) is 60.7 Å². The van der Waals surface area contributed by atoms with E-state index < -0.39 is 10.0 Å². The molecule has 0 saturated carbocycles. The van der Waals surface area contributed by atoms with Gasteiger partial charge in [0.25, 0.3) is 0 Å². The molecule has 8 heteroatoms. The monoisotopic (exact) mass is 532 g/mol. The van der Waals surface area contributed by atoms with E-state index in [0.29, 0.717) is 0 Å². The van der Waals surface area contributed by atoms with E-state index in [9.17, 15) is 13.2 Å². The highest BCUT2D eigenvalue weighted by Crippen LogP contribution is 2.22. The molecule has 0 spiro atoms. The molecular weight excluding hydrogens is 508 g/mol. The van der Waals surface area contributed by atoms with Gasteiger partial charge in [0.1, 0.15) is 0 Å². The highest BCUT2D eigenvalue weighted by molar-refractivity contribution is 9.10. The van der Waals surface area contributed by atoms with Gasteiger partial charge in [-0.2, -0.15) is 4.31 Å². The fourth-order valence-corrected chi connectivity index (χ4v) is 5.25. The number of amides is 1. The number of hydrogen-bond acceptors (Lipinski definition) is 4. The van der Waals surface area contributed by atoms with Gasteiger partial charge in [-0.15, -0.1) is 11.8 Å². The van der Waals surface area contributed by atoms with E-state index in [1.54, 1.807) is 23.9 Å². The Morgan fingerprint density at radius 2 is 1.62 bits per heavy atom. The SMILES string of the molecule is CSc1ccc([C@@H](C)NC(=O)CN(Cc2ccccc2)S(=O)(=O)c2ccc(Br)cc2)cc1. The Kier molecular flexibility index (Phi) is 8.53. The molecule has 3 aromatic rings. The molecule has 0 unspecified atom stereocenters. The average Bonchev–Trinajstić information content (AvgIpc) is 2.79. The first-order chi connectivity index (χ1) is 15.3. The second kappa shape index (κ2) is 11.1. The van der Waals surface area contributed by atoms with Crippen LogP contribution in [0.1, 0.15) is 24.1 Å². The van der Waals surface area contributed by atoms with Crippen molar-refractivity contribution in [1.29, 1.82) is 0 Å². The van der Waals surface area contributed by atoms with Crippen molar-refractivity contribution in [2.24, 2.45) is 0 Å². The maximum atomic E-state index is 13.3. The van der Waals surface area contributed by atoms with Crippen molar-refractivity contribution in [3.8, 4) is 0 Å². The maximum Gasteiger partial charge on any atom is 0.243 e. The van der Waals surface area contributed by atoms with Crippen molar-refractivity contribution in [3.63, 3.8) is 0 Å². The predicted molar refractivity (Wildman–Crippen MR) is 133 cm³/mol. The van der Waals surface area contributed by atoms with Gasteiger partial charge in [0.15, 0.2) is 0 Å². The van der Waals surface area contributed by atoms with Crippen LogP contribution >= 0.6 is 27.7 Å². The second-order valence-corrected chi connectivity index (χ2v) is 11.0. The summed E-state index contributed by atoms with van der Waals surface area (Å²) in [6.45, 7) is 1.71. The van der Waals surface area contributed by atoms with Gasteiger partial charge in [0.05, 0.1) is 17.5 Å². The third-order valence-corrected chi connectivity index (χ3v) is 8.04. The zero-order valence-electron chi connectivity index (χ0n) is 17.9. The van der Waals surface area contributed by atoms with Crippen LogP contribution in [0.4, 0.5) is 0 Å². The van der Waals surface area contributed by atoms with E-state index in [0.717, 1.165) is 20.5 Å². The van der Waals surface area contributed by atoms with Crippen molar-refractivity contribution in [2.75, 3.05) is 12.8 Å². The summed E-state index contributed by atoms with van der Waals surface area (Å²) >= 11 is 4.98. The Bertz CT molecular complexity index is 1140. The lowest BCUT2D eigenvalue weighted by Gasteiger charge is -2.23. The van der Waals surface area contributed by atoms with Gasteiger partial charge in [-0.1, -0.05) is 58.4 Å². The molecule has 0 radical (unpaired) electrons. The number of thioether (sulfide) groups is 1. The van der Waals surface area contributed by atoms with Crippen molar-refractivity contribution >= 4 is 43.6 Å². The Hall–Kier alpha value is -2.13. The van der Waals surface area contributed by atoms with Gasteiger partial charge in [0.2, 0.25) is 15.9 Å². The molecule has 0 aliphatic heterocycles. The minimum atomic E-state index is -3.87. The van der Waals surface area contributed by atoms with Gasteiger partial charge in [0, 0.05) is 15.9 Å². The lowest BCUT2D eigenvalue weighted by Crippen LogP contribution is -2.41. The number of rotatable bonds is 9. The van der Waals surface area contributed by atoms with Crippen LogP contribution in [-0.4, -0.2) is 31.4 Å². The third kappa shape index (κ3) is 6.45. The molecule has 1 N–H and O–H groups in total. The van der Waals surface area contributed by atoms with Crippen LogP contribution in [-0.2, 0) is 21.4 Å². The molecule has 3 rings (SSSR count). The molecule has 5 nitrogen and oxygen atoms in total. The standard InChI is InChI=1S/C24H25BrN2O3S2/c1-18(20-8-12-22(31-2)13-9-20)26-24(28)17-27(16-19-6-4-3-5-7-19)32(29,30)23-14-10-21(25)11-15-23/h3-15,18H,16-17H2,1-2H3,(H,26,28)/t18-/m1/s1. The van der Waals surface area contributed by atoms with Crippen LogP contribution in [0, 0.1) is 0 Å². The Morgan fingerprint density at radius 1 is 1.00 bits per heavy atom. The number of sulfonamides is 1. The van der Waals surface area contributed by atoms with Crippen LogP contribution in [0.2, 0.25) is 0 Å². The first kappa shape index (κ1) is 24.5. The van der Waals surface area contributed by atoms with Gasteiger partial charge >= 0.3 is 0 Å². The van der Waals surface area contributed by atoms with Crippen molar-refractivity contribution < 1.29 is 13.2 Å². The van der Waals surface area contributed by atoms with E-state index >= 15 is 0 Å². The molecule has 1 atom stereocenters. The van der Waals surface area contributed by atoms with Crippen molar-refractivity contribution in [2.45, 2.75) is 29.3 Å². The highest BCUT2D eigenvalue weighted by Gasteiger charge is 2.27. The zero-order valence-corrected chi connectivity index (χ0v) is 21.1. The number of carbonyl (C=O) groups is 1. The van der Waals surface area contributed by atoms with Crippen LogP contribution in [0.3, 0.4) is 0 Å². The van der Waals surface area contributed by atoms with Crippen LogP contribution in [0.15, 0.2) is 93.1 Å². The molecule has 3 aromatic carbocycles. The van der Waals surface area contributed by atoms with E-state index in [-0.39, 0.29) is 29.9 Å². The summed E-state index contributed by atoms with van der Waals surface area (Å²) in [6.07, 6.45) is 2.01. The first-order valence-corrected chi connectivity index (χ1v) is 13.5. The average molecular weight is 534 g/mol. The number of nitrogens with one attached hydrogen (secondary N) is 1. The summed E-state index contributed by atoms with van der Waals surface area (Å²) in [4.78, 5) is 14.1. The molecule has 0 aromatic heterocycles. The number of benzene rings is 3. The highest BCUT2D eigenvalue weighted by atomic mass is 79.9. The Balaban J connectivity index is 1.79. The molecule has 168 valence electrons. The number of nitrogens with zero attached hydrogens (tertiary/aromatic N) is 1. The fraction of sp³-hybridized carbons (Fsp3) is 0.208. The van der Waals surface area contributed by atoms with Crippen LogP contribution < -0.4 is 5.32 Å². The molecule has 32 heavy (non-hydrogen) atoms. The maximum absolute atomic E-state index is 13.3. The summed E-state index contributed by atoms with van der Waals surface area (Å²) < 4.78 is 28.7. The Morgan fingerprint density at radius 3 is 2.22 bits per heavy atom. The molecule has 0 aliphatic carbocycles. The molecule has 1 amide bonds. The summed E-state index contributed by atoms with van der Waals surface area (Å²) in [5.74, 6) is -0.358. The lowest BCUT2D eigenvalue weighted by molar-refractivity contribution is -0.122. The van der Waals surface area contributed by atoms with Crippen molar-refractivity contribution in [3.05, 3.63) is 94.5 Å². The number of halogens is 1. The number of hydrogen-bond donors (Lipinski definition) is 1. The fourth-order valence-electron chi connectivity index (χ4n) is 3.19. The quantitative estimate of drug-likeness (QED) is 0.382. The number of carbonyl (C=O) groups excluding carboxylic acids is 1. The zero-order chi connectivity index (χ0) is 23.1. The topological polar surface area (TPSA) is 66.5 Å². The van der Waals surface area contributed by atoms with E-state index in [2.05, 4.69) is 21.2 Å². The lowest BCUT2D eigenvalue weighted by atomic mass is 10.1. The van der Waals surface area contributed by atoms with E-state index in [1.807, 2.05) is 67.8 Å². The van der Waals surface area contributed by atoms with E-state index in [4.69, 9.17) is 0 Å². The summed E-state index contributed by atoms with van der Waals surface area (Å²) in [5, 5.41) is 2.92. The van der Waals surface area contributed by atoms with Crippen molar-refractivity contribution in [1.82, 2.24) is 9.62 Å². The van der Waals surface area contributed by atoms with Gasteiger partial charge < -0.3 is 5.32 Å². The van der Waals surface area contributed by atoms with Crippen LogP contribution in [0.5, 0.6) is 0 Å². The smallest absolute Gasteiger partial charge is 0.243 e.